The van der Waals surface area contributed by atoms with Gasteiger partial charge in [-0.3, -0.25) is 4.99 Å². The van der Waals surface area contributed by atoms with E-state index in [1.54, 1.807) is 7.05 Å². The standard InChI is InChI=1S/C20H35N5O2S/c1-18-9-14-25(15-10-18)13-6-11-22-20(21-2)23-12-16-28(26,27)24-17-19-7-4-3-5-8-19/h3-5,7-8,18,24H,6,9-17H2,1-2H3,(H2,21,22,23). The van der Waals surface area contributed by atoms with Gasteiger partial charge in [0.1, 0.15) is 0 Å². The minimum absolute atomic E-state index is 0.00644. The highest BCUT2D eigenvalue weighted by Gasteiger charge is 2.15. The third kappa shape index (κ3) is 9.03. The van der Waals surface area contributed by atoms with Crippen molar-refractivity contribution in [2.45, 2.75) is 32.7 Å². The van der Waals surface area contributed by atoms with Gasteiger partial charge in [-0.2, -0.15) is 0 Å². The molecule has 0 aliphatic carbocycles. The predicted molar refractivity (Wildman–Crippen MR) is 116 cm³/mol. The van der Waals surface area contributed by atoms with E-state index in [0.29, 0.717) is 19.0 Å². The van der Waals surface area contributed by atoms with E-state index in [9.17, 15) is 8.42 Å². The highest BCUT2D eigenvalue weighted by molar-refractivity contribution is 7.89. The van der Waals surface area contributed by atoms with E-state index in [4.69, 9.17) is 0 Å². The van der Waals surface area contributed by atoms with Crippen molar-refractivity contribution in [1.82, 2.24) is 20.3 Å². The van der Waals surface area contributed by atoms with Crippen molar-refractivity contribution < 1.29 is 8.42 Å². The lowest BCUT2D eigenvalue weighted by molar-refractivity contribution is 0.191. The Morgan fingerprint density at radius 3 is 2.50 bits per heavy atom. The van der Waals surface area contributed by atoms with Crippen molar-refractivity contribution in [3.05, 3.63) is 35.9 Å². The molecule has 1 aromatic rings. The average Bonchev–Trinajstić information content (AvgIpc) is 2.70. The first-order valence-corrected chi connectivity index (χ1v) is 11.8. The Morgan fingerprint density at radius 2 is 1.82 bits per heavy atom. The van der Waals surface area contributed by atoms with Crippen LogP contribution in [-0.2, 0) is 16.6 Å². The van der Waals surface area contributed by atoms with Crippen LogP contribution in [0.25, 0.3) is 0 Å². The van der Waals surface area contributed by atoms with Crippen molar-refractivity contribution in [1.29, 1.82) is 0 Å². The Balaban J connectivity index is 1.58. The number of guanidine groups is 1. The van der Waals surface area contributed by atoms with E-state index in [0.717, 1.165) is 31.0 Å². The van der Waals surface area contributed by atoms with Gasteiger partial charge in [-0.15, -0.1) is 0 Å². The SMILES string of the molecule is CN=C(NCCCN1CCC(C)CC1)NCCS(=O)(=O)NCc1ccccc1. The molecule has 1 saturated heterocycles. The van der Waals surface area contributed by atoms with Gasteiger partial charge in [-0.1, -0.05) is 37.3 Å². The summed E-state index contributed by atoms with van der Waals surface area (Å²) in [5.41, 5.74) is 0.944. The van der Waals surface area contributed by atoms with Gasteiger partial charge >= 0.3 is 0 Å². The van der Waals surface area contributed by atoms with Gasteiger partial charge in [0.15, 0.2) is 5.96 Å². The number of hydrogen-bond acceptors (Lipinski definition) is 4. The molecule has 0 aromatic heterocycles. The van der Waals surface area contributed by atoms with Gasteiger partial charge in [0, 0.05) is 26.7 Å². The van der Waals surface area contributed by atoms with E-state index in [2.05, 4.69) is 32.2 Å². The second kappa shape index (κ2) is 12.0. The zero-order chi connectivity index (χ0) is 20.2. The van der Waals surface area contributed by atoms with Crippen molar-refractivity contribution in [2.24, 2.45) is 10.9 Å². The third-order valence-electron chi connectivity index (χ3n) is 5.05. The highest BCUT2D eigenvalue weighted by atomic mass is 32.2. The van der Waals surface area contributed by atoms with Gasteiger partial charge in [-0.05, 0) is 50.4 Å². The van der Waals surface area contributed by atoms with Crippen LogP contribution >= 0.6 is 0 Å². The fourth-order valence-corrected chi connectivity index (χ4v) is 4.08. The number of benzene rings is 1. The molecular formula is C20H35N5O2S. The monoisotopic (exact) mass is 409 g/mol. The Kier molecular flexibility index (Phi) is 9.73. The smallest absolute Gasteiger partial charge is 0.213 e. The summed E-state index contributed by atoms with van der Waals surface area (Å²) in [6.45, 7) is 7.26. The van der Waals surface area contributed by atoms with Crippen LogP contribution in [0.5, 0.6) is 0 Å². The van der Waals surface area contributed by atoms with E-state index < -0.39 is 10.0 Å². The summed E-state index contributed by atoms with van der Waals surface area (Å²) in [5, 5.41) is 6.33. The molecule has 28 heavy (non-hydrogen) atoms. The number of hydrogen-bond donors (Lipinski definition) is 3. The largest absolute Gasteiger partial charge is 0.356 e. The van der Waals surface area contributed by atoms with Crippen molar-refractivity contribution in [3.63, 3.8) is 0 Å². The first-order valence-electron chi connectivity index (χ1n) is 10.2. The van der Waals surface area contributed by atoms with Gasteiger partial charge in [-0.25, -0.2) is 13.1 Å². The second-order valence-corrected chi connectivity index (χ2v) is 9.36. The van der Waals surface area contributed by atoms with Crippen LogP contribution in [-0.4, -0.2) is 64.8 Å². The first-order chi connectivity index (χ1) is 13.5. The van der Waals surface area contributed by atoms with Crippen LogP contribution in [0.2, 0.25) is 0 Å². The molecule has 158 valence electrons. The number of nitrogens with one attached hydrogen (secondary N) is 3. The number of nitrogens with zero attached hydrogens (tertiary/aromatic N) is 2. The Bertz CT molecular complexity index is 686. The quantitative estimate of drug-likeness (QED) is 0.309. The van der Waals surface area contributed by atoms with Gasteiger partial charge in [0.2, 0.25) is 10.0 Å². The zero-order valence-electron chi connectivity index (χ0n) is 17.2. The molecule has 2 rings (SSSR count). The van der Waals surface area contributed by atoms with Crippen LogP contribution in [0, 0.1) is 5.92 Å². The van der Waals surface area contributed by atoms with E-state index >= 15 is 0 Å². The van der Waals surface area contributed by atoms with E-state index in [1.807, 2.05) is 30.3 Å². The first kappa shape index (κ1) is 22.6. The molecule has 8 heteroatoms. The molecular weight excluding hydrogens is 374 g/mol. The summed E-state index contributed by atoms with van der Waals surface area (Å²) in [6, 6.07) is 9.50. The van der Waals surface area contributed by atoms with E-state index in [1.165, 1.54) is 25.9 Å². The van der Waals surface area contributed by atoms with Crippen LogP contribution in [0.4, 0.5) is 0 Å². The minimum atomic E-state index is -3.33. The molecule has 0 unspecified atom stereocenters. The lowest BCUT2D eigenvalue weighted by atomic mass is 9.99. The summed E-state index contributed by atoms with van der Waals surface area (Å²) < 4.78 is 26.9. The molecule has 0 saturated carbocycles. The summed E-state index contributed by atoms with van der Waals surface area (Å²) in [4.78, 5) is 6.68. The average molecular weight is 410 g/mol. The maximum atomic E-state index is 12.1. The molecule has 0 spiro atoms. The molecule has 1 aliphatic heterocycles. The fraction of sp³-hybridized carbons (Fsp3) is 0.650. The molecule has 1 fully saturated rings. The number of likely N-dealkylation sites (tertiary alicyclic amines) is 1. The van der Waals surface area contributed by atoms with Crippen molar-refractivity contribution in [2.75, 3.05) is 45.5 Å². The summed E-state index contributed by atoms with van der Waals surface area (Å²) >= 11 is 0. The van der Waals surface area contributed by atoms with Crippen LogP contribution in [0.3, 0.4) is 0 Å². The molecule has 0 amide bonds. The Morgan fingerprint density at radius 1 is 1.14 bits per heavy atom. The number of piperidine rings is 1. The lowest BCUT2D eigenvalue weighted by Crippen LogP contribution is -2.42. The second-order valence-electron chi connectivity index (χ2n) is 7.43. The predicted octanol–water partition coefficient (Wildman–Crippen LogP) is 1.39. The normalized spacial score (nSPS) is 16.9. The van der Waals surface area contributed by atoms with Crippen molar-refractivity contribution >= 4 is 16.0 Å². The maximum absolute atomic E-state index is 12.1. The lowest BCUT2D eigenvalue weighted by Gasteiger charge is -2.30. The molecule has 0 bridgehead atoms. The molecule has 0 radical (unpaired) electrons. The number of rotatable bonds is 10. The molecule has 3 N–H and O–H groups in total. The number of sulfonamides is 1. The zero-order valence-corrected chi connectivity index (χ0v) is 18.0. The van der Waals surface area contributed by atoms with Gasteiger partial charge in [0.25, 0.3) is 0 Å². The summed E-state index contributed by atoms with van der Waals surface area (Å²) in [7, 11) is -1.63. The molecule has 1 aliphatic rings. The molecule has 1 heterocycles. The van der Waals surface area contributed by atoms with Crippen LogP contribution < -0.4 is 15.4 Å². The van der Waals surface area contributed by atoms with E-state index in [-0.39, 0.29) is 5.75 Å². The van der Waals surface area contributed by atoms with Gasteiger partial charge < -0.3 is 15.5 Å². The molecule has 0 atom stereocenters. The van der Waals surface area contributed by atoms with Crippen LogP contribution in [0.1, 0.15) is 31.7 Å². The summed E-state index contributed by atoms with van der Waals surface area (Å²) in [6.07, 6.45) is 3.64. The third-order valence-corrected chi connectivity index (χ3v) is 6.37. The summed E-state index contributed by atoms with van der Waals surface area (Å²) in [5.74, 6) is 1.51. The van der Waals surface area contributed by atoms with Crippen molar-refractivity contribution in [3.8, 4) is 0 Å². The maximum Gasteiger partial charge on any atom is 0.213 e. The number of aliphatic imine (C=N–C) groups is 1. The fourth-order valence-electron chi connectivity index (χ4n) is 3.18. The Labute approximate surface area is 170 Å². The topological polar surface area (TPSA) is 85.8 Å². The molecule has 1 aromatic carbocycles. The van der Waals surface area contributed by atoms with Gasteiger partial charge in [0.05, 0.1) is 5.75 Å². The highest BCUT2D eigenvalue weighted by Crippen LogP contribution is 2.15. The minimum Gasteiger partial charge on any atom is -0.356 e. The molecule has 7 nitrogen and oxygen atoms in total. The Hall–Kier alpha value is -1.64. The van der Waals surface area contributed by atoms with Crippen LogP contribution in [0.15, 0.2) is 35.3 Å².